The first-order valence-corrected chi connectivity index (χ1v) is 9.26. The summed E-state index contributed by atoms with van der Waals surface area (Å²) in [6.45, 7) is 4.05. The van der Waals surface area contributed by atoms with Gasteiger partial charge in [-0.3, -0.25) is 4.98 Å². The highest BCUT2D eigenvalue weighted by Crippen LogP contribution is 2.36. The summed E-state index contributed by atoms with van der Waals surface area (Å²) in [5.41, 5.74) is 6.22. The van der Waals surface area contributed by atoms with Crippen LogP contribution in [0.15, 0.2) is 60.9 Å². The van der Waals surface area contributed by atoms with Crippen molar-refractivity contribution in [3.05, 3.63) is 77.1 Å². The van der Waals surface area contributed by atoms with Crippen LogP contribution < -0.4 is 10.6 Å². The molecule has 0 atom stereocenters. The number of carbonyl (C=O) groups excluding carboxylic acids is 1. The van der Waals surface area contributed by atoms with Crippen molar-refractivity contribution in [1.29, 1.82) is 0 Å². The molecule has 0 aliphatic carbocycles. The molecule has 0 bridgehead atoms. The molecule has 2 aromatic heterocycles. The lowest BCUT2D eigenvalue weighted by molar-refractivity contribution is 0.262. The van der Waals surface area contributed by atoms with Gasteiger partial charge < -0.3 is 15.6 Å². The largest absolute Gasteiger partial charge is 0.353 e. The van der Waals surface area contributed by atoms with E-state index in [2.05, 4.69) is 20.6 Å². The summed E-state index contributed by atoms with van der Waals surface area (Å²) < 4.78 is 0. The summed E-state index contributed by atoms with van der Waals surface area (Å²) in [4.78, 5) is 20.2. The quantitative estimate of drug-likeness (QED) is 0.393. The number of aromatic nitrogens is 2. The molecule has 0 aliphatic rings. The fourth-order valence-corrected chi connectivity index (χ4v) is 3.29. The molecule has 2 aromatic carbocycles. The van der Waals surface area contributed by atoms with Crippen molar-refractivity contribution in [2.24, 2.45) is 0 Å². The maximum atomic E-state index is 12.7. The summed E-state index contributed by atoms with van der Waals surface area (Å²) in [6.07, 6.45) is 3.46. The highest BCUT2D eigenvalue weighted by Gasteiger charge is 2.16. The van der Waals surface area contributed by atoms with Gasteiger partial charge in [-0.25, -0.2) is 4.79 Å². The van der Waals surface area contributed by atoms with Crippen LogP contribution in [0.3, 0.4) is 0 Å². The van der Waals surface area contributed by atoms with Gasteiger partial charge in [0.1, 0.15) is 0 Å². The Kier molecular flexibility index (Phi) is 4.75. The molecule has 0 aliphatic heterocycles. The van der Waals surface area contributed by atoms with Crippen LogP contribution in [0.4, 0.5) is 16.2 Å². The monoisotopic (exact) mass is 390 g/mol. The summed E-state index contributed by atoms with van der Waals surface area (Å²) in [5, 5.41) is 7.30. The average Bonchev–Trinajstić information content (AvgIpc) is 3.03. The maximum Gasteiger partial charge on any atom is 0.323 e. The molecular formula is C22H19ClN4O. The number of hydrogen-bond donors (Lipinski definition) is 3. The van der Waals surface area contributed by atoms with Gasteiger partial charge in [0.15, 0.2) is 0 Å². The van der Waals surface area contributed by atoms with Gasteiger partial charge in [-0.2, -0.15) is 0 Å². The van der Waals surface area contributed by atoms with E-state index >= 15 is 0 Å². The van der Waals surface area contributed by atoms with Crippen molar-refractivity contribution >= 4 is 39.9 Å². The van der Waals surface area contributed by atoms with E-state index in [4.69, 9.17) is 11.6 Å². The van der Waals surface area contributed by atoms with Crippen LogP contribution in [-0.4, -0.2) is 16.0 Å². The van der Waals surface area contributed by atoms with Gasteiger partial charge in [-0.1, -0.05) is 17.7 Å². The predicted molar refractivity (Wildman–Crippen MR) is 115 cm³/mol. The van der Waals surface area contributed by atoms with E-state index in [9.17, 15) is 4.79 Å². The molecule has 0 saturated carbocycles. The molecule has 2 amide bonds. The molecule has 0 radical (unpaired) electrons. The standard InChI is InChI=1S/C22H19ClN4O/c1-13-5-7-17(10-14(13)2)25-22(28)27-21-18-11-16(23)6-8-19(18)26-20(21)15-4-3-9-24-12-15/h3-12,26H,1-2H3,(H2,25,27,28). The number of fused-ring (bicyclic) bond motifs is 1. The number of anilines is 2. The van der Waals surface area contributed by atoms with Gasteiger partial charge >= 0.3 is 6.03 Å². The van der Waals surface area contributed by atoms with Gasteiger partial charge in [-0.05, 0) is 67.4 Å². The number of nitrogens with zero attached hydrogens (tertiary/aromatic N) is 1. The minimum atomic E-state index is -0.325. The fourth-order valence-electron chi connectivity index (χ4n) is 3.12. The van der Waals surface area contributed by atoms with E-state index < -0.39 is 0 Å². The molecule has 0 unspecified atom stereocenters. The molecule has 0 spiro atoms. The van der Waals surface area contributed by atoms with Crippen LogP contribution in [0.5, 0.6) is 0 Å². The molecule has 4 rings (SSSR count). The third kappa shape index (κ3) is 3.57. The van der Waals surface area contributed by atoms with Crippen molar-refractivity contribution in [2.75, 3.05) is 10.6 Å². The SMILES string of the molecule is Cc1ccc(NC(=O)Nc2c(-c3cccnc3)[nH]c3ccc(Cl)cc23)cc1C. The van der Waals surface area contributed by atoms with Gasteiger partial charge in [0.05, 0.1) is 11.4 Å². The van der Waals surface area contributed by atoms with Crippen molar-refractivity contribution in [3.8, 4) is 11.3 Å². The number of pyridine rings is 1. The molecule has 3 N–H and O–H groups in total. The molecule has 6 heteroatoms. The fraction of sp³-hybridized carbons (Fsp3) is 0.0909. The summed E-state index contributed by atoms with van der Waals surface area (Å²) in [7, 11) is 0. The average molecular weight is 391 g/mol. The Morgan fingerprint density at radius 2 is 1.89 bits per heavy atom. The Morgan fingerprint density at radius 3 is 2.64 bits per heavy atom. The van der Waals surface area contributed by atoms with E-state index in [1.165, 1.54) is 5.56 Å². The topological polar surface area (TPSA) is 69.8 Å². The zero-order valence-electron chi connectivity index (χ0n) is 15.5. The number of rotatable bonds is 3. The summed E-state index contributed by atoms with van der Waals surface area (Å²) in [6, 6.07) is 14.8. The molecule has 0 saturated heterocycles. The lowest BCUT2D eigenvalue weighted by atomic mass is 10.1. The minimum absolute atomic E-state index is 0.325. The van der Waals surface area contributed by atoms with E-state index in [1.54, 1.807) is 12.4 Å². The molecule has 5 nitrogen and oxygen atoms in total. The first-order chi connectivity index (χ1) is 13.5. The van der Waals surface area contributed by atoms with Crippen LogP contribution in [0, 0.1) is 13.8 Å². The third-order valence-corrected chi connectivity index (χ3v) is 4.95. The summed E-state index contributed by atoms with van der Waals surface area (Å²) in [5.74, 6) is 0. The number of halogens is 1. The Bertz CT molecular complexity index is 1170. The second-order valence-electron chi connectivity index (χ2n) is 6.68. The number of carbonyl (C=O) groups is 1. The van der Waals surface area contributed by atoms with E-state index in [1.807, 2.05) is 62.4 Å². The predicted octanol–water partition coefficient (Wildman–Crippen LogP) is 6.14. The molecular weight excluding hydrogens is 372 g/mol. The molecule has 28 heavy (non-hydrogen) atoms. The Balaban J connectivity index is 1.71. The first-order valence-electron chi connectivity index (χ1n) is 8.88. The second kappa shape index (κ2) is 7.37. The lowest BCUT2D eigenvalue weighted by Crippen LogP contribution is -2.19. The molecule has 4 aromatic rings. The number of aryl methyl sites for hydroxylation is 2. The van der Waals surface area contributed by atoms with Gasteiger partial charge in [0.25, 0.3) is 0 Å². The third-order valence-electron chi connectivity index (χ3n) is 4.71. The van der Waals surface area contributed by atoms with E-state index in [0.29, 0.717) is 10.7 Å². The second-order valence-corrected chi connectivity index (χ2v) is 7.12. The number of hydrogen-bond acceptors (Lipinski definition) is 2. The van der Waals surface area contributed by atoms with Gasteiger partial charge in [0, 0.05) is 39.6 Å². The van der Waals surface area contributed by atoms with Crippen LogP contribution in [0.25, 0.3) is 22.2 Å². The number of nitrogens with one attached hydrogen (secondary N) is 3. The van der Waals surface area contributed by atoms with Crippen molar-refractivity contribution in [1.82, 2.24) is 9.97 Å². The number of H-pyrrole nitrogens is 1. The zero-order valence-corrected chi connectivity index (χ0v) is 16.3. The Morgan fingerprint density at radius 1 is 1.04 bits per heavy atom. The number of amides is 2. The highest BCUT2D eigenvalue weighted by molar-refractivity contribution is 6.31. The zero-order chi connectivity index (χ0) is 19.7. The molecule has 2 heterocycles. The smallest absolute Gasteiger partial charge is 0.323 e. The summed E-state index contributed by atoms with van der Waals surface area (Å²) >= 11 is 6.19. The van der Waals surface area contributed by atoms with E-state index in [0.717, 1.165) is 33.4 Å². The Hall–Kier alpha value is -3.31. The first kappa shape index (κ1) is 18.1. The Labute approximate surface area is 167 Å². The van der Waals surface area contributed by atoms with Crippen molar-refractivity contribution in [3.63, 3.8) is 0 Å². The lowest BCUT2D eigenvalue weighted by Gasteiger charge is -2.11. The minimum Gasteiger partial charge on any atom is -0.353 e. The number of urea groups is 1. The van der Waals surface area contributed by atoms with Gasteiger partial charge in [0.2, 0.25) is 0 Å². The van der Waals surface area contributed by atoms with Gasteiger partial charge in [-0.15, -0.1) is 0 Å². The van der Waals surface area contributed by atoms with Crippen LogP contribution >= 0.6 is 11.6 Å². The van der Waals surface area contributed by atoms with E-state index in [-0.39, 0.29) is 6.03 Å². The number of benzene rings is 2. The van der Waals surface area contributed by atoms with Crippen molar-refractivity contribution < 1.29 is 4.79 Å². The van der Waals surface area contributed by atoms with Crippen molar-refractivity contribution in [2.45, 2.75) is 13.8 Å². The normalized spacial score (nSPS) is 10.8. The molecule has 0 fully saturated rings. The number of aromatic amines is 1. The molecule has 140 valence electrons. The van der Waals surface area contributed by atoms with Crippen LogP contribution in [0.1, 0.15) is 11.1 Å². The maximum absolute atomic E-state index is 12.7. The highest BCUT2D eigenvalue weighted by atomic mass is 35.5. The van der Waals surface area contributed by atoms with Crippen LogP contribution in [0.2, 0.25) is 5.02 Å². The van der Waals surface area contributed by atoms with Crippen LogP contribution in [-0.2, 0) is 0 Å².